The third-order valence-electron chi connectivity index (χ3n) is 21.7. The summed E-state index contributed by atoms with van der Waals surface area (Å²) in [6.07, 6.45) is -25.8. The summed E-state index contributed by atoms with van der Waals surface area (Å²) in [7, 11) is 0. The SMILES string of the molecule is CC(=CCC(O)C(C)C1C(O)CC2(C)C3CCC4C(C)(C)C(OC5OC(CO)C(O)C(O)C5OC5OC(CO)C(O)C(O)C5OC5OC(CO)C(O)C(O)C5O)CCC45CC35CCC12C)COC1OC(CO)C(O)C(O)C1O. The summed E-state index contributed by atoms with van der Waals surface area (Å²) in [5.74, 6) is -0.000609. The van der Waals surface area contributed by atoms with Crippen LogP contribution >= 0.6 is 0 Å². The Bertz CT molecular complexity index is 2070. The van der Waals surface area contributed by atoms with E-state index in [1.165, 1.54) is 0 Å². The van der Waals surface area contributed by atoms with E-state index in [4.69, 9.17) is 37.9 Å². The van der Waals surface area contributed by atoms with Crippen LogP contribution in [0.2, 0.25) is 0 Å². The van der Waals surface area contributed by atoms with Crippen LogP contribution in [0.4, 0.5) is 0 Å². The second kappa shape index (κ2) is 23.0. The molecule has 24 heteroatoms. The fourth-order valence-corrected chi connectivity index (χ4v) is 17.1. The Morgan fingerprint density at radius 2 is 1.00 bits per heavy atom. The second-order valence-corrected chi connectivity index (χ2v) is 25.8. The molecule has 9 rings (SSSR count). The summed E-state index contributed by atoms with van der Waals surface area (Å²) >= 11 is 0. The van der Waals surface area contributed by atoms with Crippen molar-refractivity contribution >= 4 is 0 Å². The fraction of sp³-hybridized carbons (Fsp3) is 0.963. The smallest absolute Gasteiger partial charge is 0.187 e. The Balaban J connectivity index is 0.880. The molecular formula is C54H90O24. The van der Waals surface area contributed by atoms with Crippen molar-refractivity contribution in [3.05, 3.63) is 11.6 Å². The lowest BCUT2D eigenvalue weighted by molar-refractivity contribution is -0.398. The maximum atomic E-state index is 12.1. The number of ether oxygens (including phenoxy) is 8. The molecule has 450 valence electrons. The fourth-order valence-electron chi connectivity index (χ4n) is 17.1. The largest absolute Gasteiger partial charge is 0.394 e. The minimum absolute atomic E-state index is 0.00121. The van der Waals surface area contributed by atoms with Crippen molar-refractivity contribution in [1.82, 2.24) is 0 Å². The van der Waals surface area contributed by atoms with Crippen LogP contribution in [-0.4, -0.2) is 256 Å². The molecule has 0 aromatic rings. The molecule has 31 atom stereocenters. The van der Waals surface area contributed by atoms with Crippen molar-refractivity contribution in [2.75, 3.05) is 33.0 Å². The number of hydrogen-bond acceptors (Lipinski definition) is 24. The third-order valence-corrected chi connectivity index (χ3v) is 21.7. The Morgan fingerprint density at radius 1 is 0.538 bits per heavy atom. The average molecular weight is 1120 g/mol. The van der Waals surface area contributed by atoms with Gasteiger partial charge >= 0.3 is 0 Å². The predicted molar refractivity (Wildman–Crippen MR) is 265 cm³/mol. The Morgan fingerprint density at radius 3 is 1.55 bits per heavy atom. The molecule has 0 bridgehead atoms. The van der Waals surface area contributed by atoms with Crippen LogP contribution in [0.1, 0.15) is 99.3 Å². The molecule has 0 aromatic carbocycles. The monoisotopic (exact) mass is 1120 g/mol. The average Bonchev–Trinajstić information content (AvgIpc) is 1.92. The first-order valence-corrected chi connectivity index (χ1v) is 28.2. The summed E-state index contributed by atoms with van der Waals surface area (Å²) < 4.78 is 47.8. The highest BCUT2D eigenvalue weighted by Crippen LogP contribution is 2.89. The van der Waals surface area contributed by atoms with Crippen LogP contribution in [-0.2, 0) is 37.9 Å². The van der Waals surface area contributed by atoms with E-state index in [2.05, 4.69) is 27.7 Å². The van der Waals surface area contributed by atoms with Crippen molar-refractivity contribution in [3.63, 3.8) is 0 Å². The maximum Gasteiger partial charge on any atom is 0.187 e. The summed E-state index contributed by atoms with van der Waals surface area (Å²) in [4.78, 5) is 0. The lowest BCUT2D eigenvalue weighted by Crippen LogP contribution is -2.67. The van der Waals surface area contributed by atoms with Gasteiger partial charge in [-0.25, -0.2) is 0 Å². The van der Waals surface area contributed by atoms with Crippen molar-refractivity contribution in [2.45, 2.75) is 240 Å². The van der Waals surface area contributed by atoms with Gasteiger partial charge in [0.05, 0.1) is 51.3 Å². The number of rotatable bonds is 17. The van der Waals surface area contributed by atoms with Crippen molar-refractivity contribution in [3.8, 4) is 0 Å². The van der Waals surface area contributed by atoms with Gasteiger partial charge in [0, 0.05) is 0 Å². The normalized spacial score (nSPS) is 53.8. The van der Waals surface area contributed by atoms with Gasteiger partial charge in [-0.1, -0.05) is 46.3 Å². The first kappa shape index (κ1) is 61.3. The van der Waals surface area contributed by atoms with E-state index in [1.807, 2.05) is 13.0 Å². The minimum Gasteiger partial charge on any atom is -0.394 e. The van der Waals surface area contributed by atoms with Gasteiger partial charge in [0.15, 0.2) is 25.2 Å². The van der Waals surface area contributed by atoms with Crippen LogP contribution in [0, 0.1) is 50.7 Å². The Kier molecular flexibility index (Phi) is 18.1. The molecule has 5 aliphatic carbocycles. The molecule has 2 spiro atoms. The van der Waals surface area contributed by atoms with Crippen molar-refractivity contribution in [2.24, 2.45) is 50.7 Å². The quantitative estimate of drug-likeness (QED) is 0.0494. The summed E-state index contributed by atoms with van der Waals surface area (Å²) in [5, 5.41) is 171. The van der Waals surface area contributed by atoms with Gasteiger partial charge in [-0.2, -0.15) is 0 Å². The lowest BCUT2D eigenvalue weighted by Gasteiger charge is -2.63. The molecule has 4 saturated heterocycles. The van der Waals surface area contributed by atoms with Gasteiger partial charge < -0.3 is 120 Å². The van der Waals surface area contributed by atoms with E-state index >= 15 is 0 Å². The third kappa shape index (κ3) is 10.00. The molecule has 4 aliphatic heterocycles. The Hall–Kier alpha value is -1.22. The topological polar surface area (TPSA) is 398 Å². The Labute approximate surface area is 454 Å². The van der Waals surface area contributed by atoms with Gasteiger partial charge in [-0.3, -0.25) is 0 Å². The van der Waals surface area contributed by atoms with E-state index in [9.17, 15) is 81.7 Å². The van der Waals surface area contributed by atoms with Crippen LogP contribution in [0.25, 0.3) is 0 Å². The van der Waals surface area contributed by atoms with E-state index < -0.39 is 173 Å². The van der Waals surface area contributed by atoms with Crippen LogP contribution < -0.4 is 0 Å². The van der Waals surface area contributed by atoms with Crippen LogP contribution in [0.15, 0.2) is 11.6 Å². The molecule has 24 nitrogen and oxygen atoms in total. The molecular weight excluding hydrogens is 1030 g/mol. The number of hydrogen-bond donors (Lipinski definition) is 16. The standard InChI is InChI=1S/C54H90O24/c1-22(20-71-46-42(69)38(65)34(61)26(16-55)72-46)7-8-24(59)23(2)33-25(60)15-52(6)31-10-9-30-50(3,4)32(11-12-53(30)21-54(31,53)14-13-51(33,52)5)76-48-44(40(67)36(63)28(18-57)74-48)78-49-45(41(68)37(64)29(19-58)75-49)77-47-43(70)39(66)35(62)27(17-56)73-47/h7,23-49,55-70H,8-21H2,1-6H3. The molecule has 0 aromatic heterocycles. The number of fused-ring (bicyclic) bond motifs is 2. The molecule has 9 fully saturated rings. The molecule has 0 amide bonds. The number of aliphatic hydroxyl groups is 16. The van der Waals surface area contributed by atoms with Crippen LogP contribution in [0.5, 0.6) is 0 Å². The minimum atomic E-state index is -1.93. The first-order chi connectivity index (χ1) is 36.7. The van der Waals surface area contributed by atoms with Crippen molar-refractivity contribution in [1.29, 1.82) is 0 Å². The zero-order valence-electron chi connectivity index (χ0n) is 45.5. The highest BCUT2D eigenvalue weighted by atomic mass is 16.8. The highest BCUT2D eigenvalue weighted by Gasteiger charge is 2.83. The van der Waals surface area contributed by atoms with Gasteiger partial charge in [0.1, 0.15) is 97.7 Å². The van der Waals surface area contributed by atoms with E-state index in [0.717, 1.165) is 44.1 Å². The van der Waals surface area contributed by atoms with Crippen LogP contribution in [0.3, 0.4) is 0 Å². The second-order valence-electron chi connectivity index (χ2n) is 25.8. The van der Waals surface area contributed by atoms with Crippen molar-refractivity contribution < 1.29 is 120 Å². The van der Waals surface area contributed by atoms with E-state index in [0.29, 0.717) is 18.8 Å². The summed E-state index contributed by atoms with van der Waals surface area (Å²) in [6.45, 7) is 9.90. The predicted octanol–water partition coefficient (Wildman–Crippen LogP) is -3.62. The molecule has 31 unspecified atom stereocenters. The number of aliphatic hydroxyl groups excluding tert-OH is 16. The van der Waals surface area contributed by atoms with Gasteiger partial charge in [0.2, 0.25) is 0 Å². The van der Waals surface area contributed by atoms with Gasteiger partial charge in [-0.15, -0.1) is 0 Å². The maximum absolute atomic E-state index is 12.1. The molecule has 78 heavy (non-hydrogen) atoms. The van der Waals surface area contributed by atoms with E-state index in [-0.39, 0.29) is 52.4 Å². The molecule has 0 radical (unpaired) electrons. The van der Waals surface area contributed by atoms with E-state index in [1.54, 1.807) is 6.92 Å². The zero-order valence-corrected chi connectivity index (χ0v) is 45.5. The molecule has 9 aliphatic rings. The summed E-state index contributed by atoms with van der Waals surface area (Å²) in [6, 6.07) is 0. The molecule has 16 N–H and O–H groups in total. The lowest BCUT2D eigenvalue weighted by atomic mass is 9.41. The molecule has 4 heterocycles. The molecule has 5 saturated carbocycles. The van der Waals surface area contributed by atoms with Gasteiger partial charge in [0.25, 0.3) is 0 Å². The van der Waals surface area contributed by atoms with Gasteiger partial charge in [-0.05, 0) is 115 Å². The first-order valence-electron chi connectivity index (χ1n) is 28.2. The zero-order chi connectivity index (χ0) is 56.9. The summed E-state index contributed by atoms with van der Waals surface area (Å²) in [5.41, 5.74) is -0.365. The highest BCUT2D eigenvalue weighted by molar-refractivity contribution is 5.31.